The number of para-hydroxylation sites is 1. The number of nitrogens with zero attached hydrogens (tertiary/aromatic N) is 4. The average Bonchev–Trinajstić information content (AvgIpc) is 3.09. The van der Waals surface area contributed by atoms with E-state index in [2.05, 4.69) is 29.6 Å². The molecule has 2 N–H and O–H groups in total. The van der Waals surface area contributed by atoms with Crippen molar-refractivity contribution in [2.45, 2.75) is 33.1 Å². The van der Waals surface area contributed by atoms with Gasteiger partial charge in [-0.05, 0) is 18.6 Å². The van der Waals surface area contributed by atoms with Crippen molar-refractivity contribution in [2.75, 3.05) is 18.4 Å². The first-order valence-electron chi connectivity index (χ1n) is 8.89. The summed E-state index contributed by atoms with van der Waals surface area (Å²) in [7, 11) is 0. The van der Waals surface area contributed by atoms with Gasteiger partial charge in [-0.15, -0.1) is 0 Å². The number of carbonyl (C=O) groups excluding carboxylic acids is 1. The molecule has 1 amide bonds. The van der Waals surface area contributed by atoms with Gasteiger partial charge < -0.3 is 10.6 Å². The lowest BCUT2D eigenvalue weighted by Crippen LogP contribution is -2.26. The molecule has 0 saturated heterocycles. The highest BCUT2D eigenvalue weighted by Gasteiger charge is 2.16. The van der Waals surface area contributed by atoms with Crippen molar-refractivity contribution >= 4 is 22.8 Å². The first-order chi connectivity index (χ1) is 12.6. The molecule has 3 rings (SSSR count). The fourth-order valence-corrected chi connectivity index (χ4v) is 2.64. The number of benzene rings is 1. The number of rotatable bonds is 7. The molecule has 26 heavy (non-hydrogen) atoms. The summed E-state index contributed by atoms with van der Waals surface area (Å²) >= 11 is 0. The summed E-state index contributed by atoms with van der Waals surface area (Å²) in [4.78, 5) is 20.5. The Balaban J connectivity index is 2.00. The van der Waals surface area contributed by atoms with Crippen LogP contribution in [-0.2, 0) is 4.79 Å². The number of aromatic nitrogens is 4. The van der Waals surface area contributed by atoms with Gasteiger partial charge in [0.25, 0.3) is 0 Å². The van der Waals surface area contributed by atoms with Crippen molar-refractivity contribution < 1.29 is 4.79 Å². The lowest BCUT2D eigenvalue weighted by molar-refractivity contribution is -0.118. The predicted octanol–water partition coefficient (Wildman–Crippen LogP) is 2.88. The van der Waals surface area contributed by atoms with E-state index in [0.717, 1.165) is 34.8 Å². The monoisotopic (exact) mass is 352 g/mol. The number of carbonyl (C=O) groups is 1. The average molecular weight is 352 g/mol. The third kappa shape index (κ3) is 3.82. The highest BCUT2D eigenvalue weighted by molar-refractivity contribution is 5.87. The van der Waals surface area contributed by atoms with Gasteiger partial charge >= 0.3 is 0 Å². The van der Waals surface area contributed by atoms with Gasteiger partial charge in [0.15, 0.2) is 5.65 Å². The van der Waals surface area contributed by atoms with Crippen LogP contribution in [0.5, 0.6) is 0 Å². The first-order valence-corrected chi connectivity index (χ1v) is 8.89. The molecule has 2 aromatic heterocycles. The summed E-state index contributed by atoms with van der Waals surface area (Å²) in [5.41, 5.74) is 1.74. The highest BCUT2D eigenvalue weighted by Crippen LogP contribution is 2.26. The van der Waals surface area contributed by atoms with Gasteiger partial charge in [0.1, 0.15) is 11.6 Å². The van der Waals surface area contributed by atoms with Crippen LogP contribution in [0.15, 0.2) is 36.5 Å². The zero-order chi connectivity index (χ0) is 18.5. The van der Waals surface area contributed by atoms with Crippen LogP contribution in [0.2, 0.25) is 0 Å². The topological polar surface area (TPSA) is 84.7 Å². The fourth-order valence-electron chi connectivity index (χ4n) is 2.64. The van der Waals surface area contributed by atoms with E-state index in [1.807, 2.05) is 35.0 Å². The van der Waals surface area contributed by atoms with Gasteiger partial charge in [-0.25, -0.2) is 14.6 Å². The molecule has 0 spiro atoms. The molecule has 2 heterocycles. The molecule has 0 fully saturated rings. The first kappa shape index (κ1) is 17.8. The Hall–Kier alpha value is -2.96. The van der Waals surface area contributed by atoms with E-state index in [4.69, 9.17) is 9.97 Å². The van der Waals surface area contributed by atoms with Crippen molar-refractivity contribution in [1.82, 2.24) is 25.1 Å². The summed E-state index contributed by atoms with van der Waals surface area (Å²) in [6.07, 6.45) is 2.74. The summed E-state index contributed by atoms with van der Waals surface area (Å²) in [5.74, 6) is 1.74. The minimum atomic E-state index is -0.0446. The van der Waals surface area contributed by atoms with Crippen LogP contribution in [0.25, 0.3) is 16.7 Å². The summed E-state index contributed by atoms with van der Waals surface area (Å²) in [6, 6.07) is 9.94. The van der Waals surface area contributed by atoms with Crippen molar-refractivity contribution in [3.8, 4) is 5.69 Å². The molecule has 0 aliphatic rings. The van der Waals surface area contributed by atoms with Crippen LogP contribution in [0, 0.1) is 0 Å². The molecular formula is C19H24N6O. The van der Waals surface area contributed by atoms with Gasteiger partial charge in [-0.1, -0.05) is 32.0 Å². The third-order valence-electron chi connectivity index (χ3n) is 4.29. The molecule has 0 unspecified atom stereocenters. The van der Waals surface area contributed by atoms with E-state index in [0.29, 0.717) is 13.1 Å². The summed E-state index contributed by atoms with van der Waals surface area (Å²) < 4.78 is 1.84. The van der Waals surface area contributed by atoms with Crippen LogP contribution >= 0.6 is 0 Å². The molecule has 0 bridgehead atoms. The number of hydrogen-bond donors (Lipinski definition) is 2. The molecule has 136 valence electrons. The van der Waals surface area contributed by atoms with Crippen LogP contribution in [-0.4, -0.2) is 38.7 Å². The van der Waals surface area contributed by atoms with Crippen molar-refractivity contribution in [3.05, 3.63) is 42.4 Å². The maximum Gasteiger partial charge on any atom is 0.216 e. The zero-order valence-corrected chi connectivity index (χ0v) is 15.4. The number of nitrogens with one attached hydrogen (secondary N) is 2. The lowest BCUT2D eigenvalue weighted by atomic mass is 10.1. The van der Waals surface area contributed by atoms with Crippen LogP contribution in [0.3, 0.4) is 0 Å². The second-order valence-corrected chi connectivity index (χ2v) is 6.28. The van der Waals surface area contributed by atoms with E-state index in [1.165, 1.54) is 6.92 Å². The van der Waals surface area contributed by atoms with Gasteiger partial charge in [-0.2, -0.15) is 5.10 Å². The second kappa shape index (κ2) is 7.95. The highest BCUT2D eigenvalue weighted by atomic mass is 16.1. The number of anilines is 1. The SMILES string of the molecule is CC[C@@H](C)c1nc(NCCNC(C)=O)c2cnn(-c3ccccc3)c2n1. The van der Waals surface area contributed by atoms with Gasteiger partial charge in [-0.3, -0.25) is 4.79 Å². The van der Waals surface area contributed by atoms with Crippen molar-refractivity contribution in [2.24, 2.45) is 0 Å². The third-order valence-corrected chi connectivity index (χ3v) is 4.29. The number of hydrogen-bond acceptors (Lipinski definition) is 5. The predicted molar refractivity (Wildman–Crippen MR) is 103 cm³/mol. The molecule has 1 atom stereocenters. The number of amides is 1. The van der Waals surface area contributed by atoms with Crippen molar-refractivity contribution in [3.63, 3.8) is 0 Å². The number of fused-ring (bicyclic) bond motifs is 1. The van der Waals surface area contributed by atoms with Crippen LogP contribution in [0.4, 0.5) is 5.82 Å². The summed E-state index contributed by atoms with van der Waals surface area (Å²) in [6.45, 7) is 6.87. The molecule has 3 aromatic rings. The van der Waals surface area contributed by atoms with Gasteiger partial charge in [0.2, 0.25) is 5.91 Å². The minimum absolute atomic E-state index is 0.0446. The minimum Gasteiger partial charge on any atom is -0.368 e. The quantitative estimate of drug-likeness (QED) is 0.639. The maximum absolute atomic E-state index is 11.0. The largest absolute Gasteiger partial charge is 0.368 e. The smallest absolute Gasteiger partial charge is 0.216 e. The van der Waals surface area contributed by atoms with Gasteiger partial charge in [0.05, 0.1) is 17.3 Å². The molecule has 7 nitrogen and oxygen atoms in total. The molecule has 0 aliphatic carbocycles. The summed E-state index contributed by atoms with van der Waals surface area (Å²) in [5, 5.41) is 11.5. The van der Waals surface area contributed by atoms with E-state index in [9.17, 15) is 4.79 Å². The molecular weight excluding hydrogens is 328 g/mol. The van der Waals surface area contributed by atoms with E-state index in [1.54, 1.807) is 6.20 Å². The molecule has 0 saturated carbocycles. The standard InChI is InChI=1S/C19H24N6O/c1-4-13(2)17-23-18(21-11-10-20-14(3)26)16-12-22-25(19(16)24-17)15-8-6-5-7-9-15/h5-9,12-13H,4,10-11H2,1-3H3,(H,20,26)(H,21,23,24)/t13-/m1/s1. The van der Waals surface area contributed by atoms with E-state index in [-0.39, 0.29) is 11.8 Å². The molecule has 0 radical (unpaired) electrons. The fraction of sp³-hybridized carbons (Fsp3) is 0.368. The van der Waals surface area contributed by atoms with E-state index >= 15 is 0 Å². The Bertz CT molecular complexity index is 890. The van der Waals surface area contributed by atoms with Crippen molar-refractivity contribution in [1.29, 1.82) is 0 Å². The molecule has 1 aromatic carbocycles. The zero-order valence-electron chi connectivity index (χ0n) is 15.4. The Morgan fingerprint density at radius 3 is 2.65 bits per heavy atom. The van der Waals surface area contributed by atoms with Crippen LogP contribution in [0.1, 0.15) is 38.9 Å². The van der Waals surface area contributed by atoms with E-state index < -0.39 is 0 Å². The second-order valence-electron chi connectivity index (χ2n) is 6.28. The van der Waals surface area contributed by atoms with Crippen LogP contribution < -0.4 is 10.6 Å². The Kier molecular flexibility index (Phi) is 5.46. The Labute approximate surface area is 152 Å². The van der Waals surface area contributed by atoms with Gasteiger partial charge in [0, 0.05) is 25.9 Å². The Morgan fingerprint density at radius 1 is 1.19 bits per heavy atom. The molecule has 7 heteroatoms. The lowest BCUT2D eigenvalue weighted by Gasteiger charge is -2.13. The normalized spacial score (nSPS) is 12.1. The Morgan fingerprint density at radius 2 is 1.96 bits per heavy atom. The molecule has 0 aliphatic heterocycles. The maximum atomic E-state index is 11.0.